The number of rotatable bonds is 8. The lowest BCUT2D eigenvalue weighted by Crippen LogP contribution is -2.20. The summed E-state index contributed by atoms with van der Waals surface area (Å²) >= 11 is 0. The van der Waals surface area contributed by atoms with Gasteiger partial charge in [0.2, 0.25) is 0 Å². The highest BCUT2D eigenvalue weighted by molar-refractivity contribution is 5.80. The van der Waals surface area contributed by atoms with Gasteiger partial charge in [-0.1, -0.05) is 98.1 Å². The summed E-state index contributed by atoms with van der Waals surface area (Å²) in [6.45, 7) is 27.0. The van der Waals surface area contributed by atoms with Crippen LogP contribution in [0.1, 0.15) is 97.2 Å². The maximum Gasteiger partial charge on any atom is 0.123 e. The molecule has 0 saturated heterocycles. The first-order valence-corrected chi connectivity index (χ1v) is 12.5. The van der Waals surface area contributed by atoms with Gasteiger partial charge in [-0.25, -0.2) is 4.39 Å². The lowest BCUT2D eigenvalue weighted by Gasteiger charge is -2.28. The second-order valence-electron chi connectivity index (χ2n) is 9.64. The lowest BCUT2D eigenvalue weighted by atomic mass is 9.80. The highest BCUT2D eigenvalue weighted by Gasteiger charge is 2.27. The second kappa shape index (κ2) is 13.2. The standard InChI is InChI=1S/C30H38FN.C2H6/c1-10-13-25-27(23-14-17-24(31)18-15-23)26(19-16-22(12-3)21(6)11-2)29(30(7,8)9)32-28(25)20(4)5;1-2/h10-15,17-18,20H,2-3,16,19H2,1,4-9H3;1-2H3/b13-10+,22-21+;. The molecule has 0 aliphatic rings. The molecule has 0 aliphatic heterocycles. The second-order valence-corrected chi connectivity index (χ2v) is 9.64. The summed E-state index contributed by atoms with van der Waals surface area (Å²) in [4.78, 5) is 5.25. The molecular weight excluding hydrogens is 417 g/mol. The van der Waals surface area contributed by atoms with Gasteiger partial charge in [0.1, 0.15) is 5.82 Å². The molecule has 0 unspecified atom stereocenters. The summed E-state index contributed by atoms with van der Waals surface area (Å²) in [6.07, 6.45) is 9.68. The third-order valence-corrected chi connectivity index (χ3v) is 5.79. The zero-order valence-corrected chi connectivity index (χ0v) is 22.8. The molecule has 34 heavy (non-hydrogen) atoms. The summed E-state index contributed by atoms with van der Waals surface area (Å²) in [6, 6.07) is 6.86. The van der Waals surface area contributed by atoms with Crippen LogP contribution in [0.5, 0.6) is 0 Å². The van der Waals surface area contributed by atoms with Crippen LogP contribution in [0.4, 0.5) is 4.39 Å². The number of nitrogens with zero attached hydrogens (tertiary/aromatic N) is 1. The first-order valence-electron chi connectivity index (χ1n) is 12.5. The third kappa shape index (κ3) is 7.13. The Morgan fingerprint density at radius 1 is 1.06 bits per heavy atom. The molecule has 2 aromatic rings. The van der Waals surface area contributed by atoms with Crippen molar-refractivity contribution in [3.8, 4) is 11.1 Å². The van der Waals surface area contributed by atoms with Gasteiger partial charge in [-0.3, -0.25) is 4.98 Å². The largest absolute Gasteiger partial charge is 0.256 e. The summed E-state index contributed by atoms with van der Waals surface area (Å²) < 4.78 is 13.8. The van der Waals surface area contributed by atoms with Gasteiger partial charge >= 0.3 is 0 Å². The summed E-state index contributed by atoms with van der Waals surface area (Å²) in [5.74, 6) is 0.0396. The Bertz CT molecular complexity index is 1030. The van der Waals surface area contributed by atoms with E-state index in [2.05, 4.69) is 66.9 Å². The van der Waals surface area contributed by atoms with Crippen molar-refractivity contribution < 1.29 is 4.39 Å². The zero-order valence-electron chi connectivity index (χ0n) is 22.8. The molecule has 0 bridgehead atoms. The van der Waals surface area contributed by atoms with Crippen molar-refractivity contribution in [2.75, 3.05) is 0 Å². The van der Waals surface area contributed by atoms with Crippen LogP contribution in [0.2, 0.25) is 0 Å². The average Bonchev–Trinajstić information content (AvgIpc) is 2.80. The van der Waals surface area contributed by atoms with Gasteiger partial charge in [-0.05, 0) is 72.6 Å². The number of hydrogen-bond donors (Lipinski definition) is 0. The minimum atomic E-state index is -0.226. The fourth-order valence-corrected chi connectivity index (χ4v) is 4.09. The topological polar surface area (TPSA) is 12.9 Å². The first-order chi connectivity index (χ1) is 16.0. The fraction of sp³-hybridized carbons (Fsp3) is 0.406. The molecule has 1 aromatic carbocycles. The zero-order chi connectivity index (χ0) is 26.1. The first kappa shape index (κ1) is 29.3. The molecule has 0 aliphatic carbocycles. The van der Waals surface area contributed by atoms with Crippen LogP contribution < -0.4 is 0 Å². The Morgan fingerprint density at radius 3 is 2.09 bits per heavy atom. The maximum absolute atomic E-state index is 13.8. The van der Waals surface area contributed by atoms with Gasteiger partial charge in [-0.15, -0.1) is 0 Å². The van der Waals surface area contributed by atoms with E-state index in [-0.39, 0.29) is 17.2 Å². The van der Waals surface area contributed by atoms with Crippen molar-refractivity contribution in [2.45, 2.75) is 86.5 Å². The fourth-order valence-electron chi connectivity index (χ4n) is 4.09. The Labute approximate surface area is 208 Å². The maximum atomic E-state index is 13.8. The molecule has 0 saturated carbocycles. The normalized spacial score (nSPS) is 12.3. The molecular formula is C32H44FN. The molecule has 0 spiro atoms. The number of aromatic nitrogens is 1. The van der Waals surface area contributed by atoms with Gasteiger partial charge in [0.05, 0.1) is 5.69 Å². The van der Waals surface area contributed by atoms with Crippen molar-refractivity contribution in [1.29, 1.82) is 0 Å². The third-order valence-electron chi connectivity index (χ3n) is 5.79. The average molecular weight is 462 g/mol. The molecule has 1 aromatic heterocycles. The van der Waals surface area contributed by atoms with Gasteiger partial charge in [0.25, 0.3) is 0 Å². The van der Waals surface area contributed by atoms with Crippen LogP contribution >= 0.6 is 0 Å². The minimum absolute atomic E-state index is 0.131. The van der Waals surface area contributed by atoms with E-state index >= 15 is 0 Å². The van der Waals surface area contributed by atoms with Crippen LogP contribution in [0.25, 0.3) is 17.2 Å². The predicted molar refractivity (Wildman–Crippen MR) is 150 cm³/mol. The lowest BCUT2D eigenvalue weighted by molar-refractivity contribution is 0.554. The Kier molecular flexibility index (Phi) is 11.4. The van der Waals surface area contributed by atoms with E-state index in [1.54, 1.807) is 12.1 Å². The summed E-state index contributed by atoms with van der Waals surface area (Å²) in [5.41, 5.74) is 8.91. The Balaban J connectivity index is 0.00000281. The highest BCUT2D eigenvalue weighted by atomic mass is 19.1. The Hall–Kier alpha value is -2.74. The molecule has 0 atom stereocenters. The molecule has 2 heteroatoms. The number of hydrogen-bond acceptors (Lipinski definition) is 1. The number of pyridine rings is 1. The van der Waals surface area contributed by atoms with Gasteiger partial charge in [0, 0.05) is 16.7 Å². The molecule has 0 fully saturated rings. The van der Waals surface area contributed by atoms with E-state index in [0.717, 1.165) is 46.5 Å². The van der Waals surface area contributed by atoms with Crippen molar-refractivity contribution >= 4 is 6.08 Å². The molecule has 0 N–H and O–H groups in total. The molecule has 2 rings (SSSR count). The van der Waals surface area contributed by atoms with Crippen molar-refractivity contribution in [2.24, 2.45) is 0 Å². The van der Waals surface area contributed by atoms with Crippen LogP contribution in [0.15, 0.2) is 66.8 Å². The number of allylic oxidation sites excluding steroid dienone is 5. The van der Waals surface area contributed by atoms with Crippen LogP contribution in [0, 0.1) is 5.82 Å². The molecule has 1 nitrogen and oxygen atoms in total. The van der Waals surface area contributed by atoms with Gasteiger partial charge in [0.15, 0.2) is 0 Å². The van der Waals surface area contributed by atoms with Crippen LogP contribution in [-0.4, -0.2) is 4.98 Å². The van der Waals surface area contributed by atoms with Crippen molar-refractivity contribution in [1.82, 2.24) is 4.98 Å². The van der Waals surface area contributed by atoms with E-state index in [1.807, 2.05) is 45.1 Å². The smallest absolute Gasteiger partial charge is 0.123 e. The van der Waals surface area contributed by atoms with Gasteiger partial charge in [-0.2, -0.15) is 0 Å². The highest BCUT2D eigenvalue weighted by Crippen LogP contribution is 2.40. The van der Waals surface area contributed by atoms with Crippen molar-refractivity contribution in [3.63, 3.8) is 0 Å². The molecule has 184 valence electrons. The van der Waals surface area contributed by atoms with E-state index in [1.165, 1.54) is 11.1 Å². The van der Waals surface area contributed by atoms with E-state index in [4.69, 9.17) is 4.98 Å². The summed E-state index contributed by atoms with van der Waals surface area (Å²) in [5, 5.41) is 0. The SMILES string of the molecule is C=C/C(C)=C(\C=C)CCc1c(C(C)(C)C)nc(C(C)C)c(/C=C/C)c1-c1ccc(F)cc1.CC. The number of benzene rings is 1. The van der Waals surface area contributed by atoms with Crippen LogP contribution in [0.3, 0.4) is 0 Å². The number of halogens is 1. The molecule has 1 heterocycles. The van der Waals surface area contributed by atoms with E-state index < -0.39 is 0 Å². The quantitative estimate of drug-likeness (QED) is 0.356. The minimum Gasteiger partial charge on any atom is -0.256 e. The van der Waals surface area contributed by atoms with E-state index in [9.17, 15) is 4.39 Å². The van der Waals surface area contributed by atoms with Crippen molar-refractivity contribution in [3.05, 3.63) is 95.1 Å². The summed E-state index contributed by atoms with van der Waals surface area (Å²) in [7, 11) is 0. The van der Waals surface area contributed by atoms with Crippen LogP contribution in [-0.2, 0) is 11.8 Å². The van der Waals surface area contributed by atoms with E-state index in [0.29, 0.717) is 0 Å². The molecule has 0 amide bonds. The molecule has 0 radical (unpaired) electrons. The predicted octanol–water partition coefficient (Wildman–Crippen LogP) is 9.99. The Morgan fingerprint density at radius 2 is 1.65 bits per heavy atom. The van der Waals surface area contributed by atoms with Gasteiger partial charge < -0.3 is 0 Å². The monoisotopic (exact) mass is 461 g/mol.